The summed E-state index contributed by atoms with van der Waals surface area (Å²) in [5.41, 5.74) is 2.80. The number of carbonyl (C=O) groups is 1. The summed E-state index contributed by atoms with van der Waals surface area (Å²) in [6.45, 7) is 2.05. The van der Waals surface area contributed by atoms with Gasteiger partial charge in [0.05, 0.1) is 24.4 Å². The number of carbonyl (C=O) groups excluding carboxylic acids is 1. The van der Waals surface area contributed by atoms with Crippen LogP contribution in [0, 0.1) is 11.7 Å². The number of benzene rings is 1. The Balaban J connectivity index is 1.31. The van der Waals surface area contributed by atoms with E-state index in [1.807, 2.05) is 29.4 Å². The number of hydrogen-bond acceptors (Lipinski definition) is 7. The Hall–Kier alpha value is -1.52. The highest BCUT2D eigenvalue weighted by atomic mass is 32.2. The van der Waals surface area contributed by atoms with E-state index >= 15 is 0 Å². The molecule has 1 aliphatic heterocycles. The van der Waals surface area contributed by atoms with Gasteiger partial charge >= 0.3 is 0 Å². The van der Waals surface area contributed by atoms with Crippen molar-refractivity contribution >= 4 is 29.4 Å². The Morgan fingerprint density at radius 2 is 2.12 bits per heavy atom. The van der Waals surface area contributed by atoms with Gasteiger partial charge in [0.2, 0.25) is 0 Å². The standard InChI is InChI=1S/C24H33FN4O2S2/c1-28(2)33-27-22-10-11-29(24(30)23-13-26-16-32-23)14-19(22)15-31-21-8-6-17(7-9-21)18-4-3-5-20(25)12-18/h3-5,12-13,16-17,19,21-22,27H,6-11,14-15H2,1-2H3/t17?,19-,21?,22-/m0/s1. The molecule has 2 heterocycles. The number of piperidine rings is 1. The van der Waals surface area contributed by atoms with Crippen molar-refractivity contribution in [1.82, 2.24) is 18.9 Å². The van der Waals surface area contributed by atoms with E-state index in [0.717, 1.165) is 44.2 Å². The summed E-state index contributed by atoms with van der Waals surface area (Å²) < 4.78 is 25.6. The van der Waals surface area contributed by atoms with Crippen molar-refractivity contribution in [2.24, 2.45) is 5.92 Å². The number of amides is 1. The van der Waals surface area contributed by atoms with E-state index in [9.17, 15) is 9.18 Å². The third kappa shape index (κ3) is 6.76. The molecule has 0 unspecified atom stereocenters. The quantitative estimate of drug-likeness (QED) is 0.545. The van der Waals surface area contributed by atoms with Crippen LogP contribution in [0.1, 0.15) is 53.3 Å². The zero-order valence-electron chi connectivity index (χ0n) is 19.3. The van der Waals surface area contributed by atoms with Gasteiger partial charge in [0.25, 0.3) is 5.91 Å². The van der Waals surface area contributed by atoms with Gasteiger partial charge in [0, 0.05) is 37.2 Å². The van der Waals surface area contributed by atoms with E-state index in [1.54, 1.807) is 36.0 Å². The molecule has 2 aliphatic rings. The first-order chi connectivity index (χ1) is 16.0. The van der Waals surface area contributed by atoms with E-state index < -0.39 is 0 Å². The van der Waals surface area contributed by atoms with E-state index in [2.05, 4.69) is 9.71 Å². The maximum absolute atomic E-state index is 13.6. The summed E-state index contributed by atoms with van der Waals surface area (Å²) in [7, 11) is 4.03. The Kier molecular flexibility index (Phi) is 8.76. The first-order valence-electron chi connectivity index (χ1n) is 11.6. The molecule has 1 saturated heterocycles. The molecule has 1 amide bonds. The minimum Gasteiger partial charge on any atom is -0.378 e. The first kappa shape index (κ1) is 24.6. The molecule has 0 radical (unpaired) electrons. The predicted molar refractivity (Wildman–Crippen MR) is 132 cm³/mol. The minimum atomic E-state index is -0.158. The molecule has 33 heavy (non-hydrogen) atoms. The van der Waals surface area contributed by atoms with Crippen molar-refractivity contribution in [1.29, 1.82) is 0 Å². The molecule has 1 aliphatic carbocycles. The highest BCUT2D eigenvalue weighted by Crippen LogP contribution is 2.35. The van der Waals surface area contributed by atoms with Crippen LogP contribution in [0.2, 0.25) is 0 Å². The number of rotatable bonds is 8. The molecule has 1 saturated carbocycles. The molecule has 1 aromatic carbocycles. The molecule has 6 nitrogen and oxygen atoms in total. The lowest BCUT2D eigenvalue weighted by atomic mass is 9.82. The van der Waals surface area contributed by atoms with Crippen LogP contribution in [0.4, 0.5) is 4.39 Å². The van der Waals surface area contributed by atoms with E-state index in [0.29, 0.717) is 23.9 Å². The molecule has 2 fully saturated rings. The maximum Gasteiger partial charge on any atom is 0.265 e. The largest absolute Gasteiger partial charge is 0.378 e. The van der Waals surface area contributed by atoms with E-state index in [4.69, 9.17) is 4.74 Å². The predicted octanol–water partition coefficient (Wildman–Crippen LogP) is 4.57. The molecular formula is C24H33FN4O2S2. The van der Waals surface area contributed by atoms with Gasteiger partial charge in [-0.3, -0.25) is 9.78 Å². The van der Waals surface area contributed by atoms with E-state index in [1.165, 1.54) is 17.4 Å². The second-order valence-corrected chi connectivity index (χ2v) is 11.2. The average Bonchev–Trinajstić information content (AvgIpc) is 3.36. The molecule has 1 N–H and O–H groups in total. The van der Waals surface area contributed by atoms with Gasteiger partial charge in [-0.15, -0.1) is 11.3 Å². The first-order valence-corrected chi connectivity index (χ1v) is 13.3. The monoisotopic (exact) mass is 492 g/mol. The normalized spacial score (nSPS) is 26.0. The lowest BCUT2D eigenvalue weighted by Gasteiger charge is -2.39. The summed E-state index contributed by atoms with van der Waals surface area (Å²) in [6, 6.07) is 7.29. The smallest absolute Gasteiger partial charge is 0.265 e. The van der Waals surface area contributed by atoms with Gasteiger partial charge < -0.3 is 9.64 Å². The topological polar surface area (TPSA) is 57.7 Å². The zero-order chi connectivity index (χ0) is 23.2. The number of aromatic nitrogens is 1. The Morgan fingerprint density at radius 3 is 2.82 bits per heavy atom. The summed E-state index contributed by atoms with van der Waals surface area (Å²) in [5, 5.41) is 0. The number of nitrogens with one attached hydrogen (secondary N) is 1. The molecule has 0 bridgehead atoms. The number of thiazole rings is 1. The molecule has 0 spiro atoms. The fourth-order valence-corrected chi connectivity index (χ4v) is 6.02. The van der Waals surface area contributed by atoms with Crippen molar-refractivity contribution in [3.05, 3.63) is 52.2 Å². The van der Waals surface area contributed by atoms with E-state index in [-0.39, 0.29) is 29.8 Å². The Morgan fingerprint density at radius 1 is 1.30 bits per heavy atom. The Labute approximate surface area is 204 Å². The van der Waals surface area contributed by atoms with Crippen molar-refractivity contribution < 1.29 is 13.9 Å². The number of halogens is 1. The van der Waals surface area contributed by atoms with Crippen LogP contribution in [0.15, 0.2) is 36.0 Å². The molecule has 4 rings (SSSR count). The fraction of sp³-hybridized carbons (Fsp3) is 0.583. The van der Waals surface area contributed by atoms with Crippen molar-refractivity contribution in [2.75, 3.05) is 33.8 Å². The zero-order valence-corrected chi connectivity index (χ0v) is 20.9. The highest BCUT2D eigenvalue weighted by Gasteiger charge is 2.34. The third-order valence-electron chi connectivity index (χ3n) is 6.59. The fourth-order valence-electron chi connectivity index (χ4n) is 4.77. The van der Waals surface area contributed by atoms with Crippen molar-refractivity contribution in [2.45, 2.75) is 50.2 Å². The van der Waals surface area contributed by atoms with Gasteiger partial charge in [0.1, 0.15) is 10.7 Å². The second-order valence-electron chi connectivity index (χ2n) is 9.16. The lowest BCUT2D eigenvalue weighted by molar-refractivity contribution is -0.0147. The van der Waals surface area contributed by atoms with Gasteiger partial charge in [-0.05, 0) is 69.8 Å². The minimum absolute atomic E-state index is 0.0665. The number of likely N-dealkylation sites (tertiary alicyclic amines) is 1. The lowest BCUT2D eigenvalue weighted by Crippen LogP contribution is -2.51. The van der Waals surface area contributed by atoms with Crippen LogP contribution in [0.3, 0.4) is 0 Å². The van der Waals surface area contributed by atoms with Crippen LogP contribution in [0.5, 0.6) is 0 Å². The Bertz CT molecular complexity index is 890. The summed E-state index contributed by atoms with van der Waals surface area (Å²) >= 11 is 2.99. The van der Waals surface area contributed by atoms with Crippen LogP contribution in [-0.2, 0) is 4.74 Å². The van der Waals surface area contributed by atoms with Crippen LogP contribution in [-0.4, -0.2) is 66.0 Å². The van der Waals surface area contributed by atoms with Gasteiger partial charge in [-0.25, -0.2) is 13.4 Å². The number of ether oxygens (including phenoxy) is 1. The molecule has 9 heteroatoms. The summed E-state index contributed by atoms with van der Waals surface area (Å²) in [4.78, 5) is 19.6. The SMILES string of the molecule is CN(C)SN[C@H]1CCN(C(=O)c2cncs2)C[C@H]1COC1CCC(c2cccc(F)c2)CC1. The third-order valence-corrected chi connectivity index (χ3v) is 8.13. The van der Waals surface area contributed by atoms with Crippen LogP contribution in [0.25, 0.3) is 0 Å². The van der Waals surface area contributed by atoms with Crippen LogP contribution >= 0.6 is 23.5 Å². The van der Waals surface area contributed by atoms with Gasteiger partial charge in [-0.1, -0.05) is 12.1 Å². The molecule has 2 atom stereocenters. The molecule has 180 valence electrons. The van der Waals surface area contributed by atoms with Crippen molar-refractivity contribution in [3.8, 4) is 0 Å². The van der Waals surface area contributed by atoms with Gasteiger partial charge in [-0.2, -0.15) is 0 Å². The maximum atomic E-state index is 13.6. The molecule has 2 aromatic rings. The van der Waals surface area contributed by atoms with Crippen molar-refractivity contribution in [3.63, 3.8) is 0 Å². The highest BCUT2D eigenvalue weighted by molar-refractivity contribution is 7.95. The van der Waals surface area contributed by atoms with Gasteiger partial charge in [0.15, 0.2) is 0 Å². The van der Waals surface area contributed by atoms with Crippen LogP contribution < -0.4 is 4.72 Å². The number of nitrogens with zero attached hydrogens (tertiary/aromatic N) is 3. The summed E-state index contributed by atoms with van der Waals surface area (Å²) in [6.07, 6.45) is 6.79. The molecular weight excluding hydrogens is 459 g/mol. The second kappa shape index (κ2) is 11.8. The number of hydrogen-bond donors (Lipinski definition) is 1. The summed E-state index contributed by atoms with van der Waals surface area (Å²) in [5.74, 6) is 0.546. The molecule has 1 aromatic heterocycles. The average molecular weight is 493 g/mol.